The van der Waals surface area contributed by atoms with Crippen LogP contribution >= 0.6 is 0 Å². The van der Waals surface area contributed by atoms with Crippen molar-refractivity contribution >= 4 is 0 Å². The van der Waals surface area contributed by atoms with E-state index in [0.29, 0.717) is 17.8 Å². The van der Waals surface area contributed by atoms with Crippen LogP contribution in [-0.2, 0) is 6.54 Å². The van der Waals surface area contributed by atoms with Crippen molar-refractivity contribution in [3.05, 3.63) is 41.5 Å². The Hall–Kier alpha value is -2.70. The molecule has 0 spiro atoms. The van der Waals surface area contributed by atoms with Gasteiger partial charge in [-0.2, -0.15) is 10.5 Å². The van der Waals surface area contributed by atoms with E-state index in [1.807, 2.05) is 12.1 Å². The lowest BCUT2D eigenvalue weighted by Crippen LogP contribution is -2.02. The number of rotatable bonds is 2. The second-order valence-electron chi connectivity index (χ2n) is 3.29. The molecule has 0 atom stereocenters. The molecule has 0 aliphatic heterocycles. The molecule has 1 heterocycles. The summed E-state index contributed by atoms with van der Waals surface area (Å²) in [6.07, 6.45) is 1.40. The first-order chi connectivity index (χ1) is 8.28. The zero-order valence-corrected chi connectivity index (χ0v) is 8.83. The quantitative estimate of drug-likeness (QED) is 0.798. The molecule has 0 radical (unpaired) electrons. The molecule has 2 N–H and O–H groups in total. The highest BCUT2D eigenvalue weighted by molar-refractivity contribution is 5.50. The van der Waals surface area contributed by atoms with Crippen molar-refractivity contribution in [2.75, 3.05) is 0 Å². The van der Waals surface area contributed by atoms with Crippen molar-refractivity contribution in [3.8, 4) is 17.8 Å². The van der Waals surface area contributed by atoms with Gasteiger partial charge in [0.25, 0.3) is 5.82 Å². The standard InChI is InChI=1S/C11H8N6/c12-4-8-1-2-10(9(3-8)5-13)17-7-15-11(6-14)16-17/h1-3,7H,4,12H2. The second-order valence-corrected chi connectivity index (χ2v) is 3.29. The van der Waals surface area contributed by atoms with Gasteiger partial charge in [0.1, 0.15) is 18.5 Å². The van der Waals surface area contributed by atoms with Gasteiger partial charge in [-0.15, -0.1) is 5.10 Å². The maximum Gasteiger partial charge on any atom is 0.252 e. The highest BCUT2D eigenvalue weighted by atomic mass is 15.3. The molecule has 0 fully saturated rings. The van der Waals surface area contributed by atoms with Gasteiger partial charge in [0.05, 0.1) is 11.3 Å². The van der Waals surface area contributed by atoms with E-state index in [2.05, 4.69) is 16.2 Å². The monoisotopic (exact) mass is 224 g/mol. The highest BCUT2D eigenvalue weighted by Gasteiger charge is 2.07. The second kappa shape index (κ2) is 4.44. The van der Waals surface area contributed by atoms with Crippen LogP contribution in [0, 0.1) is 22.7 Å². The van der Waals surface area contributed by atoms with Crippen LogP contribution in [0.5, 0.6) is 0 Å². The third kappa shape index (κ3) is 1.98. The molecular formula is C11H8N6. The van der Waals surface area contributed by atoms with Crippen LogP contribution in [0.2, 0.25) is 0 Å². The summed E-state index contributed by atoms with van der Waals surface area (Å²) >= 11 is 0. The van der Waals surface area contributed by atoms with Crippen molar-refractivity contribution in [2.24, 2.45) is 5.73 Å². The van der Waals surface area contributed by atoms with Crippen LogP contribution in [0.3, 0.4) is 0 Å². The molecule has 1 aromatic heterocycles. The SMILES string of the molecule is N#Cc1ncn(-c2ccc(CN)cc2C#N)n1. The van der Waals surface area contributed by atoms with Crippen LogP contribution in [0.15, 0.2) is 24.5 Å². The topological polar surface area (TPSA) is 104 Å². The van der Waals surface area contributed by atoms with Crippen LogP contribution in [0.25, 0.3) is 5.69 Å². The summed E-state index contributed by atoms with van der Waals surface area (Å²) in [5.41, 5.74) is 7.40. The van der Waals surface area contributed by atoms with Gasteiger partial charge in [-0.05, 0) is 17.7 Å². The molecule has 0 amide bonds. The fourth-order valence-corrected chi connectivity index (χ4v) is 1.43. The zero-order chi connectivity index (χ0) is 12.3. The molecule has 0 saturated carbocycles. The number of aromatic nitrogens is 3. The lowest BCUT2D eigenvalue weighted by molar-refractivity contribution is 0.867. The molecule has 0 unspecified atom stereocenters. The number of hydrogen-bond donors (Lipinski definition) is 1. The van der Waals surface area contributed by atoms with E-state index in [0.717, 1.165) is 5.56 Å². The maximum atomic E-state index is 9.05. The van der Waals surface area contributed by atoms with Crippen LogP contribution in [0.4, 0.5) is 0 Å². The Morgan fingerprint density at radius 1 is 1.29 bits per heavy atom. The minimum atomic E-state index is 0.0665. The fourth-order valence-electron chi connectivity index (χ4n) is 1.43. The van der Waals surface area contributed by atoms with Crippen molar-refractivity contribution in [1.29, 1.82) is 10.5 Å². The first-order valence-corrected chi connectivity index (χ1v) is 4.83. The predicted octanol–water partition coefficient (Wildman–Crippen LogP) is 0.469. The third-order valence-electron chi connectivity index (χ3n) is 2.26. The predicted molar refractivity (Wildman–Crippen MR) is 58.7 cm³/mol. The van der Waals surface area contributed by atoms with E-state index < -0.39 is 0 Å². The van der Waals surface area contributed by atoms with Gasteiger partial charge >= 0.3 is 0 Å². The van der Waals surface area contributed by atoms with E-state index in [9.17, 15) is 0 Å². The smallest absolute Gasteiger partial charge is 0.252 e. The zero-order valence-electron chi connectivity index (χ0n) is 8.83. The Balaban J connectivity index is 2.53. The third-order valence-corrected chi connectivity index (χ3v) is 2.26. The highest BCUT2D eigenvalue weighted by Crippen LogP contribution is 2.14. The Morgan fingerprint density at radius 2 is 2.12 bits per heavy atom. The van der Waals surface area contributed by atoms with Gasteiger partial charge in [0, 0.05) is 6.54 Å². The lowest BCUT2D eigenvalue weighted by atomic mass is 10.1. The summed E-state index contributed by atoms with van der Waals surface area (Å²) in [6.45, 7) is 0.371. The number of hydrogen-bond acceptors (Lipinski definition) is 5. The molecule has 0 bridgehead atoms. The molecule has 82 valence electrons. The lowest BCUT2D eigenvalue weighted by Gasteiger charge is -2.04. The molecular weight excluding hydrogens is 216 g/mol. The average molecular weight is 224 g/mol. The number of benzene rings is 1. The summed E-state index contributed by atoms with van der Waals surface area (Å²) in [7, 11) is 0. The minimum absolute atomic E-state index is 0.0665. The first-order valence-electron chi connectivity index (χ1n) is 4.83. The number of nitrogens with zero attached hydrogens (tertiary/aromatic N) is 5. The van der Waals surface area contributed by atoms with Crippen molar-refractivity contribution in [2.45, 2.75) is 6.54 Å². The van der Waals surface area contributed by atoms with Crippen molar-refractivity contribution in [1.82, 2.24) is 14.8 Å². The number of nitrogens with two attached hydrogens (primary N) is 1. The molecule has 17 heavy (non-hydrogen) atoms. The van der Waals surface area contributed by atoms with Crippen molar-refractivity contribution in [3.63, 3.8) is 0 Å². The van der Waals surface area contributed by atoms with Crippen LogP contribution in [-0.4, -0.2) is 14.8 Å². The molecule has 0 aliphatic rings. The maximum absolute atomic E-state index is 9.05. The van der Waals surface area contributed by atoms with Crippen LogP contribution in [0.1, 0.15) is 17.0 Å². The summed E-state index contributed by atoms with van der Waals surface area (Å²) in [5.74, 6) is 0.0665. The normalized spacial score (nSPS) is 9.59. The molecule has 0 aliphatic carbocycles. The van der Waals surface area contributed by atoms with Gasteiger partial charge in [0.2, 0.25) is 0 Å². The summed E-state index contributed by atoms with van der Waals surface area (Å²) in [4.78, 5) is 3.79. The molecule has 2 aromatic rings. The molecule has 6 heteroatoms. The van der Waals surface area contributed by atoms with Crippen LogP contribution < -0.4 is 5.73 Å². The first kappa shape index (κ1) is 10.8. The molecule has 0 saturated heterocycles. The minimum Gasteiger partial charge on any atom is -0.326 e. The van der Waals surface area contributed by atoms with E-state index in [1.165, 1.54) is 11.0 Å². The average Bonchev–Trinajstić information content (AvgIpc) is 2.86. The Labute approximate surface area is 97.5 Å². The van der Waals surface area contributed by atoms with E-state index in [1.54, 1.807) is 12.1 Å². The van der Waals surface area contributed by atoms with Crippen molar-refractivity contribution < 1.29 is 0 Å². The van der Waals surface area contributed by atoms with Gasteiger partial charge in [0.15, 0.2) is 0 Å². The van der Waals surface area contributed by atoms with Gasteiger partial charge in [-0.25, -0.2) is 9.67 Å². The molecule has 1 aromatic carbocycles. The van der Waals surface area contributed by atoms with E-state index in [-0.39, 0.29) is 5.82 Å². The van der Waals surface area contributed by atoms with E-state index >= 15 is 0 Å². The Kier molecular flexibility index (Phi) is 2.82. The fraction of sp³-hybridized carbons (Fsp3) is 0.0909. The largest absolute Gasteiger partial charge is 0.326 e. The number of nitriles is 2. The summed E-state index contributed by atoms with van der Waals surface area (Å²) < 4.78 is 1.40. The van der Waals surface area contributed by atoms with Gasteiger partial charge < -0.3 is 5.73 Å². The summed E-state index contributed by atoms with van der Waals surface area (Å²) in [5, 5.41) is 21.6. The summed E-state index contributed by atoms with van der Waals surface area (Å²) in [6, 6.07) is 9.14. The Morgan fingerprint density at radius 3 is 2.71 bits per heavy atom. The van der Waals surface area contributed by atoms with Gasteiger partial charge in [-0.1, -0.05) is 6.07 Å². The van der Waals surface area contributed by atoms with Gasteiger partial charge in [-0.3, -0.25) is 0 Å². The van der Waals surface area contributed by atoms with E-state index in [4.69, 9.17) is 16.3 Å². The molecule has 2 rings (SSSR count). The molecule has 6 nitrogen and oxygen atoms in total. The Bertz CT molecular complexity index is 628.